The number of rotatable bonds is 2. The number of carbonyl (C=O) groups is 1. The number of benzene rings is 1. The van der Waals surface area contributed by atoms with Gasteiger partial charge in [-0.05, 0) is 25.5 Å². The van der Waals surface area contributed by atoms with Gasteiger partial charge in [0.1, 0.15) is 4.88 Å². The normalized spacial score (nSPS) is 11.2. The Hall–Kier alpha value is -1.39. The summed E-state index contributed by atoms with van der Waals surface area (Å²) in [6.07, 6.45) is 0. The highest BCUT2D eigenvalue weighted by Crippen LogP contribution is 2.42. The van der Waals surface area contributed by atoms with Gasteiger partial charge >= 0.3 is 5.97 Å². The van der Waals surface area contributed by atoms with Crippen molar-refractivity contribution in [3.8, 4) is 0 Å². The fourth-order valence-corrected chi connectivity index (χ4v) is 4.66. The van der Waals surface area contributed by atoms with Crippen LogP contribution in [0.15, 0.2) is 24.3 Å². The number of ether oxygens (including phenoxy) is 1. The Balaban J connectivity index is 2.25. The van der Waals surface area contributed by atoms with E-state index in [1.807, 2.05) is 26.0 Å². The lowest BCUT2D eigenvalue weighted by Crippen LogP contribution is -2.03. The van der Waals surface area contributed by atoms with Crippen LogP contribution in [0.4, 0.5) is 0 Å². The molecule has 0 unspecified atom stereocenters. The van der Waals surface area contributed by atoms with E-state index >= 15 is 0 Å². The van der Waals surface area contributed by atoms with Gasteiger partial charge in [-0.15, -0.1) is 22.7 Å². The summed E-state index contributed by atoms with van der Waals surface area (Å²) >= 11 is 3.29. The van der Waals surface area contributed by atoms with Crippen molar-refractivity contribution >= 4 is 48.1 Å². The van der Waals surface area contributed by atoms with Crippen molar-refractivity contribution in [1.82, 2.24) is 0 Å². The highest BCUT2D eigenvalue weighted by molar-refractivity contribution is 7.33. The van der Waals surface area contributed by atoms with Crippen molar-refractivity contribution in [2.75, 3.05) is 6.61 Å². The van der Waals surface area contributed by atoms with E-state index in [0.29, 0.717) is 6.61 Å². The molecule has 0 aliphatic carbocycles. The summed E-state index contributed by atoms with van der Waals surface area (Å²) in [6, 6.07) is 8.31. The van der Waals surface area contributed by atoms with Gasteiger partial charge in [-0.25, -0.2) is 4.79 Å². The first-order valence-corrected chi connectivity index (χ1v) is 7.43. The van der Waals surface area contributed by atoms with E-state index in [0.717, 1.165) is 10.4 Å². The quantitative estimate of drug-likeness (QED) is 0.639. The van der Waals surface area contributed by atoms with Crippen molar-refractivity contribution in [1.29, 1.82) is 0 Å². The first-order valence-electron chi connectivity index (χ1n) is 5.80. The Morgan fingerprint density at radius 1 is 1.22 bits per heavy atom. The Bertz CT molecular complexity index is 737. The number of fused-ring (bicyclic) bond motifs is 3. The summed E-state index contributed by atoms with van der Waals surface area (Å²) in [5.41, 5.74) is 1.05. The zero-order chi connectivity index (χ0) is 12.7. The number of carbonyl (C=O) groups excluding carboxylic acids is 1. The Morgan fingerprint density at radius 2 is 2.00 bits per heavy atom. The molecule has 18 heavy (non-hydrogen) atoms. The predicted molar refractivity (Wildman–Crippen MR) is 77.9 cm³/mol. The molecule has 2 aromatic heterocycles. The van der Waals surface area contributed by atoms with E-state index in [-0.39, 0.29) is 5.97 Å². The number of hydrogen-bond donors (Lipinski definition) is 0. The third-order valence-corrected chi connectivity index (χ3v) is 5.62. The minimum absolute atomic E-state index is 0.201. The summed E-state index contributed by atoms with van der Waals surface area (Å²) in [7, 11) is 0. The molecule has 2 nitrogen and oxygen atoms in total. The predicted octanol–water partition coefficient (Wildman–Crippen LogP) is 4.60. The molecule has 0 spiro atoms. The first kappa shape index (κ1) is 11.7. The van der Waals surface area contributed by atoms with Gasteiger partial charge in [-0.1, -0.05) is 18.2 Å². The van der Waals surface area contributed by atoms with E-state index in [1.165, 1.54) is 19.5 Å². The number of thiophene rings is 2. The average molecular weight is 276 g/mol. The van der Waals surface area contributed by atoms with Crippen LogP contribution in [0.2, 0.25) is 0 Å². The lowest BCUT2D eigenvalue weighted by Gasteiger charge is -1.99. The number of hydrogen-bond acceptors (Lipinski definition) is 4. The van der Waals surface area contributed by atoms with E-state index < -0.39 is 0 Å². The van der Waals surface area contributed by atoms with Gasteiger partial charge in [-0.2, -0.15) is 0 Å². The Morgan fingerprint density at radius 3 is 2.78 bits per heavy atom. The van der Waals surface area contributed by atoms with Gasteiger partial charge in [0.15, 0.2) is 0 Å². The molecule has 4 heteroatoms. The zero-order valence-electron chi connectivity index (χ0n) is 10.1. The Kier molecular flexibility index (Phi) is 2.84. The van der Waals surface area contributed by atoms with Crippen LogP contribution in [-0.4, -0.2) is 12.6 Å². The van der Waals surface area contributed by atoms with Crippen LogP contribution >= 0.6 is 22.7 Å². The summed E-state index contributed by atoms with van der Waals surface area (Å²) in [4.78, 5) is 12.6. The molecule has 0 bridgehead atoms. The van der Waals surface area contributed by atoms with Gasteiger partial charge in [0.25, 0.3) is 0 Å². The van der Waals surface area contributed by atoms with E-state index in [2.05, 4.69) is 12.1 Å². The summed E-state index contributed by atoms with van der Waals surface area (Å²) in [5.74, 6) is -0.201. The molecule has 0 radical (unpaired) electrons. The molecular weight excluding hydrogens is 264 g/mol. The fourth-order valence-electron chi connectivity index (χ4n) is 2.04. The third kappa shape index (κ3) is 1.64. The van der Waals surface area contributed by atoms with Crippen molar-refractivity contribution in [3.05, 3.63) is 34.7 Å². The van der Waals surface area contributed by atoms with Crippen molar-refractivity contribution in [3.63, 3.8) is 0 Å². The molecule has 92 valence electrons. The molecule has 1 aromatic carbocycles. The van der Waals surface area contributed by atoms with E-state index in [4.69, 9.17) is 4.74 Å². The van der Waals surface area contributed by atoms with Crippen LogP contribution in [0.3, 0.4) is 0 Å². The zero-order valence-corrected chi connectivity index (χ0v) is 11.8. The van der Waals surface area contributed by atoms with Crippen molar-refractivity contribution in [2.24, 2.45) is 0 Å². The number of aryl methyl sites for hydroxylation is 1. The van der Waals surface area contributed by atoms with Crippen molar-refractivity contribution in [2.45, 2.75) is 13.8 Å². The topological polar surface area (TPSA) is 26.3 Å². The van der Waals surface area contributed by atoms with E-state index in [1.54, 1.807) is 22.7 Å². The maximum absolute atomic E-state index is 11.9. The molecule has 0 aliphatic heterocycles. The second kappa shape index (κ2) is 4.37. The largest absolute Gasteiger partial charge is 0.462 e. The summed E-state index contributed by atoms with van der Waals surface area (Å²) in [6.45, 7) is 4.25. The van der Waals surface area contributed by atoms with Crippen LogP contribution in [0.25, 0.3) is 19.5 Å². The summed E-state index contributed by atoms with van der Waals surface area (Å²) < 4.78 is 8.79. The van der Waals surface area contributed by atoms with Crippen LogP contribution in [0.1, 0.15) is 22.2 Å². The molecular formula is C14H12O2S2. The van der Waals surface area contributed by atoms with Crippen LogP contribution in [-0.2, 0) is 4.74 Å². The molecule has 0 amide bonds. The van der Waals surface area contributed by atoms with Crippen LogP contribution in [0, 0.1) is 6.92 Å². The Labute approximate surface area is 113 Å². The molecule has 0 aliphatic rings. The molecule has 2 heterocycles. The van der Waals surface area contributed by atoms with Gasteiger partial charge in [0, 0.05) is 10.1 Å². The maximum Gasteiger partial charge on any atom is 0.348 e. The molecule has 0 saturated heterocycles. The summed E-state index contributed by atoms with van der Waals surface area (Å²) in [5, 5.41) is 1.24. The highest BCUT2D eigenvalue weighted by atomic mass is 32.1. The average Bonchev–Trinajstić information content (AvgIpc) is 2.88. The lowest BCUT2D eigenvalue weighted by molar-refractivity contribution is 0.0531. The van der Waals surface area contributed by atoms with Crippen LogP contribution in [0.5, 0.6) is 0 Å². The second-order valence-corrected chi connectivity index (χ2v) is 6.11. The van der Waals surface area contributed by atoms with Gasteiger partial charge < -0.3 is 4.74 Å². The fraction of sp³-hybridized carbons (Fsp3) is 0.214. The first-order chi connectivity index (χ1) is 8.72. The van der Waals surface area contributed by atoms with Gasteiger partial charge in [-0.3, -0.25) is 0 Å². The standard InChI is InChI=1S/C14H12O2S2/c1-3-16-14(15)12-8(2)11-13(18-12)9-6-4-5-7-10(9)17-11/h4-7H,3H2,1-2H3. The van der Waals surface area contributed by atoms with Crippen molar-refractivity contribution < 1.29 is 9.53 Å². The minimum Gasteiger partial charge on any atom is -0.462 e. The smallest absolute Gasteiger partial charge is 0.348 e. The molecule has 0 fully saturated rings. The molecule has 3 rings (SSSR count). The number of esters is 1. The lowest BCUT2D eigenvalue weighted by atomic mass is 10.2. The highest BCUT2D eigenvalue weighted by Gasteiger charge is 2.19. The SMILES string of the molecule is CCOC(=O)c1sc2c(sc3ccccc32)c1C. The minimum atomic E-state index is -0.201. The third-order valence-electron chi connectivity index (χ3n) is 2.90. The maximum atomic E-state index is 11.9. The van der Waals surface area contributed by atoms with Gasteiger partial charge in [0.2, 0.25) is 0 Å². The van der Waals surface area contributed by atoms with E-state index in [9.17, 15) is 4.79 Å². The second-order valence-electron chi connectivity index (χ2n) is 4.03. The molecule has 3 aromatic rings. The van der Waals surface area contributed by atoms with Crippen LogP contribution < -0.4 is 0 Å². The molecule has 0 atom stereocenters. The molecule has 0 saturated carbocycles. The monoisotopic (exact) mass is 276 g/mol. The van der Waals surface area contributed by atoms with Gasteiger partial charge in [0.05, 0.1) is 16.0 Å². The molecule has 0 N–H and O–H groups in total.